The molecule has 19 heavy (non-hydrogen) atoms. The Bertz CT molecular complexity index is 711. The Labute approximate surface area is 118 Å². The van der Waals surface area contributed by atoms with Gasteiger partial charge in [-0.15, -0.1) is 11.3 Å². The molecule has 6 heteroatoms. The number of rotatable bonds is 3. The zero-order chi connectivity index (χ0) is 13.2. The van der Waals surface area contributed by atoms with Gasteiger partial charge in [0.15, 0.2) is 0 Å². The number of halogens is 1. The molecular weight excluding hydrogens is 282 g/mol. The maximum atomic E-state index is 9.19. The Morgan fingerprint density at radius 2 is 2.11 bits per heavy atom. The fourth-order valence-electron chi connectivity index (χ4n) is 1.77. The van der Waals surface area contributed by atoms with Crippen molar-refractivity contribution in [2.75, 3.05) is 5.32 Å². The van der Waals surface area contributed by atoms with Crippen LogP contribution in [0.5, 0.6) is 5.75 Å². The normalized spacial score (nSPS) is 10.8. The molecule has 0 bridgehead atoms. The Morgan fingerprint density at radius 3 is 2.89 bits per heavy atom. The van der Waals surface area contributed by atoms with Gasteiger partial charge in [0.05, 0.1) is 39.4 Å². The molecule has 3 aromatic rings. The Morgan fingerprint density at radius 1 is 1.21 bits per heavy atom. The van der Waals surface area contributed by atoms with Crippen LogP contribution in [-0.4, -0.2) is 15.1 Å². The summed E-state index contributed by atoms with van der Waals surface area (Å²) in [6.07, 6.45) is 1.42. The van der Waals surface area contributed by atoms with E-state index in [2.05, 4.69) is 15.3 Å². The van der Waals surface area contributed by atoms with Crippen molar-refractivity contribution >= 4 is 38.8 Å². The van der Waals surface area contributed by atoms with E-state index in [1.54, 1.807) is 29.0 Å². The predicted octanol–water partition coefficient (Wildman–Crippen LogP) is 3.66. The van der Waals surface area contributed by atoms with Crippen LogP contribution in [0, 0.1) is 0 Å². The van der Waals surface area contributed by atoms with Gasteiger partial charge in [-0.1, -0.05) is 11.6 Å². The van der Waals surface area contributed by atoms with E-state index in [-0.39, 0.29) is 5.75 Å². The van der Waals surface area contributed by atoms with E-state index >= 15 is 0 Å². The molecule has 0 aliphatic rings. The zero-order valence-corrected chi connectivity index (χ0v) is 11.4. The maximum absolute atomic E-state index is 9.19. The van der Waals surface area contributed by atoms with Crippen LogP contribution in [0.15, 0.2) is 36.0 Å². The fourth-order valence-corrected chi connectivity index (χ4v) is 2.68. The van der Waals surface area contributed by atoms with Gasteiger partial charge in [-0.25, -0.2) is 4.98 Å². The molecule has 0 atom stereocenters. The third-order valence-corrected chi connectivity index (χ3v) is 3.82. The van der Waals surface area contributed by atoms with Crippen molar-refractivity contribution in [2.24, 2.45) is 0 Å². The highest BCUT2D eigenvalue weighted by molar-refractivity contribution is 7.16. The molecule has 0 spiro atoms. The topological polar surface area (TPSA) is 58.0 Å². The lowest BCUT2D eigenvalue weighted by Crippen LogP contribution is -2.02. The van der Waals surface area contributed by atoms with Crippen molar-refractivity contribution in [3.8, 4) is 5.75 Å². The van der Waals surface area contributed by atoms with E-state index in [1.807, 2.05) is 12.1 Å². The second kappa shape index (κ2) is 5.03. The van der Waals surface area contributed by atoms with E-state index in [4.69, 9.17) is 11.6 Å². The molecule has 2 aromatic heterocycles. The van der Waals surface area contributed by atoms with E-state index in [0.717, 1.165) is 21.6 Å². The molecule has 0 amide bonds. The summed E-state index contributed by atoms with van der Waals surface area (Å²) < 4.78 is 1.09. The molecule has 0 aliphatic carbocycles. The van der Waals surface area contributed by atoms with E-state index < -0.39 is 0 Å². The van der Waals surface area contributed by atoms with Crippen molar-refractivity contribution < 1.29 is 5.11 Å². The van der Waals surface area contributed by atoms with Gasteiger partial charge in [0.1, 0.15) is 11.3 Å². The van der Waals surface area contributed by atoms with Crippen LogP contribution in [0.25, 0.3) is 10.2 Å². The standard InChI is InChI=1S/C13H10ClN3OS/c14-10-3-4-11-13(17-7-19-11)12(10)16-5-8-1-2-9(18)6-15-8/h1-4,6-7,16,18H,5H2. The third-order valence-electron chi connectivity index (χ3n) is 2.71. The Balaban J connectivity index is 1.87. The molecule has 96 valence electrons. The number of benzene rings is 1. The number of nitrogens with one attached hydrogen (secondary N) is 1. The number of aromatic nitrogens is 2. The first-order valence-corrected chi connectivity index (χ1v) is 6.89. The van der Waals surface area contributed by atoms with Crippen molar-refractivity contribution in [1.29, 1.82) is 0 Å². The number of hydrogen-bond acceptors (Lipinski definition) is 5. The highest BCUT2D eigenvalue weighted by Crippen LogP contribution is 2.32. The largest absolute Gasteiger partial charge is 0.506 e. The molecule has 0 unspecified atom stereocenters. The number of hydrogen-bond donors (Lipinski definition) is 2. The average molecular weight is 292 g/mol. The zero-order valence-electron chi connectivity index (χ0n) is 9.80. The summed E-state index contributed by atoms with van der Waals surface area (Å²) >= 11 is 7.77. The molecule has 0 radical (unpaired) electrons. The number of nitrogens with zero attached hydrogens (tertiary/aromatic N) is 2. The molecule has 0 saturated heterocycles. The van der Waals surface area contributed by atoms with Crippen LogP contribution >= 0.6 is 22.9 Å². The second-order valence-electron chi connectivity index (χ2n) is 3.98. The Hall–Kier alpha value is -1.85. The van der Waals surface area contributed by atoms with Crippen molar-refractivity contribution in [3.63, 3.8) is 0 Å². The highest BCUT2D eigenvalue weighted by atomic mass is 35.5. The van der Waals surface area contributed by atoms with E-state index in [9.17, 15) is 5.11 Å². The van der Waals surface area contributed by atoms with Crippen molar-refractivity contribution in [3.05, 3.63) is 46.7 Å². The molecule has 1 aromatic carbocycles. The van der Waals surface area contributed by atoms with Crippen LogP contribution in [0.1, 0.15) is 5.69 Å². The summed E-state index contributed by atoms with van der Waals surface area (Å²) in [6.45, 7) is 0.524. The van der Waals surface area contributed by atoms with E-state index in [0.29, 0.717) is 11.6 Å². The van der Waals surface area contributed by atoms with Gasteiger partial charge >= 0.3 is 0 Å². The van der Waals surface area contributed by atoms with Crippen LogP contribution in [0.4, 0.5) is 5.69 Å². The fraction of sp³-hybridized carbons (Fsp3) is 0.0769. The van der Waals surface area contributed by atoms with Crippen LogP contribution in [-0.2, 0) is 6.54 Å². The summed E-state index contributed by atoms with van der Waals surface area (Å²) in [7, 11) is 0. The summed E-state index contributed by atoms with van der Waals surface area (Å²) in [5.41, 5.74) is 4.30. The lowest BCUT2D eigenvalue weighted by molar-refractivity contribution is 0.472. The number of thiazole rings is 1. The summed E-state index contributed by atoms with van der Waals surface area (Å²) in [4.78, 5) is 8.43. The average Bonchev–Trinajstić information content (AvgIpc) is 2.88. The molecule has 3 rings (SSSR count). The van der Waals surface area contributed by atoms with Crippen molar-refractivity contribution in [1.82, 2.24) is 9.97 Å². The SMILES string of the molecule is Oc1ccc(CNc2c(Cl)ccc3scnc23)nc1. The number of pyridine rings is 1. The van der Waals surface area contributed by atoms with Gasteiger partial charge < -0.3 is 10.4 Å². The molecule has 0 fully saturated rings. The predicted molar refractivity (Wildman–Crippen MR) is 77.9 cm³/mol. The highest BCUT2D eigenvalue weighted by Gasteiger charge is 2.08. The minimum atomic E-state index is 0.156. The molecular formula is C13H10ClN3OS. The summed E-state index contributed by atoms with van der Waals surface area (Å²) in [6, 6.07) is 7.18. The molecule has 0 aliphatic heterocycles. The second-order valence-corrected chi connectivity index (χ2v) is 5.28. The maximum Gasteiger partial charge on any atom is 0.133 e. The third kappa shape index (κ3) is 2.47. The van der Waals surface area contributed by atoms with Gasteiger partial charge in [0.25, 0.3) is 0 Å². The van der Waals surface area contributed by atoms with Crippen molar-refractivity contribution in [2.45, 2.75) is 6.54 Å². The number of anilines is 1. The van der Waals surface area contributed by atoms with Crippen LogP contribution < -0.4 is 5.32 Å². The van der Waals surface area contributed by atoms with Gasteiger partial charge in [0, 0.05) is 0 Å². The Kier molecular flexibility index (Phi) is 3.23. The molecule has 0 saturated carbocycles. The summed E-state index contributed by atoms with van der Waals surface area (Å²) in [5, 5.41) is 13.1. The minimum absolute atomic E-state index is 0.156. The van der Waals surface area contributed by atoms with Gasteiger partial charge in [0.2, 0.25) is 0 Å². The smallest absolute Gasteiger partial charge is 0.133 e. The lowest BCUT2D eigenvalue weighted by Gasteiger charge is -2.08. The van der Waals surface area contributed by atoms with E-state index in [1.165, 1.54) is 6.20 Å². The molecule has 2 N–H and O–H groups in total. The first kappa shape index (κ1) is 12.2. The van der Waals surface area contributed by atoms with Gasteiger partial charge in [-0.05, 0) is 24.3 Å². The minimum Gasteiger partial charge on any atom is -0.506 e. The first-order chi connectivity index (χ1) is 9.24. The first-order valence-electron chi connectivity index (χ1n) is 5.63. The molecule has 2 heterocycles. The molecule has 4 nitrogen and oxygen atoms in total. The van der Waals surface area contributed by atoms with Gasteiger partial charge in [-0.2, -0.15) is 0 Å². The van der Waals surface area contributed by atoms with Gasteiger partial charge in [-0.3, -0.25) is 4.98 Å². The monoisotopic (exact) mass is 291 g/mol. The summed E-state index contributed by atoms with van der Waals surface area (Å²) in [5.74, 6) is 0.156. The van der Waals surface area contributed by atoms with Crippen LogP contribution in [0.2, 0.25) is 5.02 Å². The quantitative estimate of drug-likeness (QED) is 0.773. The lowest BCUT2D eigenvalue weighted by atomic mass is 10.2. The number of fused-ring (bicyclic) bond motifs is 1. The van der Waals surface area contributed by atoms with Crippen LogP contribution in [0.3, 0.4) is 0 Å². The number of aromatic hydroxyl groups is 1.